The molecular formula is C16H21N3. The van der Waals surface area contributed by atoms with Gasteiger partial charge in [-0.3, -0.25) is 4.57 Å². The van der Waals surface area contributed by atoms with E-state index in [0.717, 1.165) is 29.8 Å². The summed E-state index contributed by atoms with van der Waals surface area (Å²) >= 11 is 0. The average Bonchev–Trinajstić information content (AvgIpc) is 3.06. The molecule has 2 aromatic rings. The fourth-order valence-corrected chi connectivity index (χ4v) is 2.86. The molecule has 1 aliphatic rings. The summed E-state index contributed by atoms with van der Waals surface area (Å²) in [6.07, 6.45) is 7.58. The summed E-state index contributed by atoms with van der Waals surface area (Å²) in [6.45, 7) is 3.09. The lowest BCUT2D eigenvalue weighted by molar-refractivity contribution is 0.577. The van der Waals surface area contributed by atoms with E-state index >= 15 is 0 Å². The van der Waals surface area contributed by atoms with E-state index in [1.54, 1.807) is 0 Å². The number of aryl methyl sites for hydroxylation is 1. The molecule has 0 amide bonds. The van der Waals surface area contributed by atoms with Gasteiger partial charge in [-0.15, -0.1) is 0 Å². The first kappa shape index (κ1) is 12.3. The van der Waals surface area contributed by atoms with Gasteiger partial charge in [-0.25, -0.2) is 4.98 Å². The topological polar surface area (TPSA) is 29.9 Å². The molecule has 0 aliphatic heterocycles. The highest BCUT2D eigenvalue weighted by molar-refractivity contribution is 5.42. The zero-order valence-electron chi connectivity index (χ0n) is 11.5. The van der Waals surface area contributed by atoms with Crippen molar-refractivity contribution in [1.29, 1.82) is 0 Å². The van der Waals surface area contributed by atoms with Crippen LogP contribution in [0.2, 0.25) is 0 Å². The Morgan fingerprint density at radius 2 is 1.95 bits per heavy atom. The van der Waals surface area contributed by atoms with Crippen molar-refractivity contribution in [3.05, 3.63) is 42.2 Å². The van der Waals surface area contributed by atoms with Crippen molar-refractivity contribution in [3.63, 3.8) is 0 Å². The van der Waals surface area contributed by atoms with Crippen molar-refractivity contribution < 1.29 is 0 Å². The van der Waals surface area contributed by atoms with Crippen LogP contribution in [0.15, 0.2) is 36.5 Å². The predicted octanol–water partition coefficient (Wildman–Crippen LogP) is 3.78. The van der Waals surface area contributed by atoms with Crippen LogP contribution >= 0.6 is 0 Å². The predicted molar refractivity (Wildman–Crippen MR) is 78.7 cm³/mol. The number of aromatic nitrogens is 2. The number of imidazole rings is 1. The third kappa shape index (κ3) is 2.80. The number of hydrogen-bond donors (Lipinski definition) is 1. The van der Waals surface area contributed by atoms with E-state index in [2.05, 4.69) is 45.3 Å². The summed E-state index contributed by atoms with van der Waals surface area (Å²) in [7, 11) is 0. The van der Waals surface area contributed by atoms with Crippen molar-refractivity contribution in [2.24, 2.45) is 5.92 Å². The van der Waals surface area contributed by atoms with Crippen LogP contribution in [0.25, 0.3) is 5.69 Å². The van der Waals surface area contributed by atoms with Crippen LogP contribution in [0.3, 0.4) is 0 Å². The van der Waals surface area contributed by atoms with Gasteiger partial charge in [0.25, 0.3) is 0 Å². The molecule has 0 saturated heterocycles. The molecule has 1 aromatic heterocycles. The Kier molecular flexibility index (Phi) is 3.53. The molecule has 3 rings (SSSR count). The van der Waals surface area contributed by atoms with Crippen LogP contribution in [-0.4, -0.2) is 16.1 Å². The van der Waals surface area contributed by atoms with Gasteiger partial charge in [0, 0.05) is 18.4 Å². The molecule has 1 saturated carbocycles. The molecule has 1 N–H and O–H groups in total. The highest BCUT2D eigenvalue weighted by Crippen LogP contribution is 2.25. The molecule has 0 bridgehead atoms. The largest absolute Gasteiger partial charge is 0.355 e. The average molecular weight is 255 g/mol. The van der Waals surface area contributed by atoms with Crippen molar-refractivity contribution in [3.8, 4) is 5.69 Å². The van der Waals surface area contributed by atoms with E-state index < -0.39 is 0 Å². The second-order valence-electron chi connectivity index (χ2n) is 5.44. The maximum atomic E-state index is 4.60. The van der Waals surface area contributed by atoms with E-state index in [0.29, 0.717) is 0 Å². The van der Waals surface area contributed by atoms with Crippen LogP contribution in [-0.2, 0) is 0 Å². The summed E-state index contributed by atoms with van der Waals surface area (Å²) in [5.74, 6) is 1.79. The summed E-state index contributed by atoms with van der Waals surface area (Å²) in [4.78, 5) is 4.60. The Balaban J connectivity index is 1.77. The second kappa shape index (κ2) is 5.47. The molecule has 19 heavy (non-hydrogen) atoms. The van der Waals surface area contributed by atoms with Gasteiger partial charge in [-0.05, 0) is 37.8 Å². The smallest absolute Gasteiger partial charge is 0.207 e. The molecule has 100 valence electrons. The number of hydrogen-bond acceptors (Lipinski definition) is 2. The Hall–Kier alpha value is -1.77. The second-order valence-corrected chi connectivity index (χ2v) is 5.44. The minimum atomic E-state index is 0.821. The van der Waals surface area contributed by atoms with E-state index in [9.17, 15) is 0 Å². The standard InChI is InChI=1S/C16H21N3/c1-13-12-19(15-9-3-2-4-10-15)16(18-13)17-11-14-7-5-6-8-14/h2-4,9-10,12,14H,5-8,11H2,1H3,(H,17,18). The molecule has 3 heteroatoms. The van der Waals surface area contributed by atoms with Gasteiger partial charge in [0.05, 0.1) is 5.69 Å². The molecule has 3 nitrogen and oxygen atoms in total. The lowest BCUT2D eigenvalue weighted by atomic mass is 10.1. The van der Waals surface area contributed by atoms with Crippen LogP contribution in [0, 0.1) is 12.8 Å². The maximum absolute atomic E-state index is 4.60. The lowest BCUT2D eigenvalue weighted by Crippen LogP contribution is -2.14. The molecule has 0 spiro atoms. The Morgan fingerprint density at radius 3 is 2.68 bits per heavy atom. The minimum absolute atomic E-state index is 0.821. The Morgan fingerprint density at radius 1 is 1.21 bits per heavy atom. The van der Waals surface area contributed by atoms with E-state index in [1.807, 2.05) is 13.0 Å². The summed E-state index contributed by atoms with van der Waals surface area (Å²) in [6, 6.07) is 10.4. The normalized spacial score (nSPS) is 15.8. The summed E-state index contributed by atoms with van der Waals surface area (Å²) in [5.41, 5.74) is 2.22. The van der Waals surface area contributed by atoms with Gasteiger partial charge in [0.1, 0.15) is 0 Å². The van der Waals surface area contributed by atoms with Crippen molar-refractivity contribution in [2.45, 2.75) is 32.6 Å². The Labute approximate surface area is 114 Å². The number of rotatable bonds is 4. The molecule has 1 heterocycles. The fourth-order valence-electron chi connectivity index (χ4n) is 2.86. The highest BCUT2D eigenvalue weighted by atomic mass is 15.2. The first-order valence-electron chi connectivity index (χ1n) is 7.18. The number of benzene rings is 1. The molecule has 0 atom stereocenters. The van der Waals surface area contributed by atoms with Crippen molar-refractivity contribution >= 4 is 5.95 Å². The van der Waals surface area contributed by atoms with Crippen LogP contribution in [0.5, 0.6) is 0 Å². The van der Waals surface area contributed by atoms with E-state index in [1.165, 1.54) is 25.7 Å². The highest BCUT2D eigenvalue weighted by Gasteiger charge is 2.16. The molecule has 0 unspecified atom stereocenters. The first-order chi connectivity index (χ1) is 9.33. The van der Waals surface area contributed by atoms with Crippen molar-refractivity contribution in [2.75, 3.05) is 11.9 Å². The first-order valence-corrected chi connectivity index (χ1v) is 7.18. The maximum Gasteiger partial charge on any atom is 0.207 e. The van der Waals surface area contributed by atoms with Gasteiger partial charge in [0.15, 0.2) is 0 Å². The van der Waals surface area contributed by atoms with E-state index in [4.69, 9.17) is 0 Å². The van der Waals surface area contributed by atoms with Gasteiger partial charge in [-0.2, -0.15) is 0 Å². The molecule has 1 fully saturated rings. The number of nitrogens with one attached hydrogen (secondary N) is 1. The van der Waals surface area contributed by atoms with E-state index in [-0.39, 0.29) is 0 Å². The zero-order chi connectivity index (χ0) is 13.1. The quantitative estimate of drug-likeness (QED) is 0.901. The van der Waals surface area contributed by atoms with Crippen LogP contribution < -0.4 is 5.32 Å². The summed E-state index contributed by atoms with van der Waals surface area (Å²) in [5, 5.41) is 3.53. The van der Waals surface area contributed by atoms with Gasteiger partial charge in [-0.1, -0.05) is 31.0 Å². The minimum Gasteiger partial charge on any atom is -0.355 e. The fraction of sp³-hybridized carbons (Fsp3) is 0.438. The summed E-state index contributed by atoms with van der Waals surface area (Å²) < 4.78 is 2.14. The van der Waals surface area contributed by atoms with Crippen LogP contribution in [0.4, 0.5) is 5.95 Å². The lowest BCUT2D eigenvalue weighted by Gasteiger charge is -2.13. The Bertz CT molecular complexity index is 524. The van der Waals surface area contributed by atoms with Gasteiger partial charge >= 0.3 is 0 Å². The third-order valence-corrected chi connectivity index (χ3v) is 3.88. The zero-order valence-corrected chi connectivity index (χ0v) is 11.5. The third-order valence-electron chi connectivity index (χ3n) is 3.88. The monoisotopic (exact) mass is 255 g/mol. The molecule has 1 aliphatic carbocycles. The van der Waals surface area contributed by atoms with Gasteiger partial charge in [0.2, 0.25) is 5.95 Å². The number of anilines is 1. The number of para-hydroxylation sites is 1. The number of nitrogens with zero attached hydrogens (tertiary/aromatic N) is 2. The van der Waals surface area contributed by atoms with Gasteiger partial charge < -0.3 is 5.32 Å². The van der Waals surface area contributed by atoms with Crippen molar-refractivity contribution in [1.82, 2.24) is 9.55 Å². The molecule has 1 aromatic carbocycles. The molecule has 0 radical (unpaired) electrons. The molecular weight excluding hydrogens is 234 g/mol. The van der Waals surface area contributed by atoms with Crippen LogP contribution in [0.1, 0.15) is 31.4 Å². The SMILES string of the molecule is Cc1cn(-c2ccccc2)c(NCC2CCCC2)n1.